The van der Waals surface area contributed by atoms with Crippen molar-refractivity contribution >= 4 is 0 Å². The first-order valence-corrected chi connectivity index (χ1v) is 23.9. The molecule has 0 radical (unpaired) electrons. The minimum absolute atomic E-state index is 0.149. The predicted octanol–water partition coefficient (Wildman–Crippen LogP) is 11.0. The van der Waals surface area contributed by atoms with Gasteiger partial charge in [0.1, 0.15) is 0 Å². The molecule has 304 valence electrons. The van der Waals surface area contributed by atoms with E-state index in [0.29, 0.717) is 69.0 Å². The fourth-order valence-corrected chi connectivity index (χ4v) is 18.2. The Labute approximate surface area is 325 Å². The van der Waals surface area contributed by atoms with Crippen molar-refractivity contribution in [3.63, 3.8) is 0 Å². The molecule has 8 aliphatic rings. The van der Waals surface area contributed by atoms with Gasteiger partial charge >= 0.3 is 0 Å². The van der Waals surface area contributed by atoms with Crippen LogP contribution >= 0.6 is 0 Å². The van der Waals surface area contributed by atoms with Crippen LogP contribution in [-0.4, -0.2) is 44.8 Å². The first kappa shape index (κ1) is 39.7. The minimum atomic E-state index is -0.160. The third-order valence-electron chi connectivity index (χ3n) is 21.2. The molecule has 53 heavy (non-hydrogen) atoms. The molecule has 4 nitrogen and oxygen atoms in total. The van der Waals surface area contributed by atoms with Crippen molar-refractivity contribution < 1.29 is 20.4 Å². The van der Waals surface area contributed by atoms with E-state index in [4.69, 9.17) is 0 Å². The molecule has 0 saturated heterocycles. The topological polar surface area (TPSA) is 80.9 Å². The van der Waals surface area contributed by atoms with Crippen LogP contribution in [0.1, 0.15) is 189 Å². The monoisotopic (exact) mass is 737 g/mol. The summed E-state index contributed by atoms with van der Waals surface area (Å²) in [6.07, 6.45) is 27.8. The van der Waals surface area contributed by atoms with Crippen LogP contribution in [0, 0.1) is 92.7 Å². The fraction of sp³-hybridized carbons (Fsp3) is 1.00. The van der Waals surface area contributed by atoms with Gasteiger partial charge in [-0.15, -0.1) is 0 Å². The van der Waals surface area contributed by atoms with Crippen LogP contribution in [0.5, 0.6) is 0 Å². The van der Waals surface area contributed by atoms with E-state index in [1.165, 1.54) is 96.3 Å². The van der Waals surface area contributed by atoms with Crippen molar-refractivity contribution in [3.8, 4) is 0 Å². The zero-order chi connectivity index (χ0) is 37.5. The molecule has 0 aromatic carbocycles. The molecule has 8 saturated carbocycles. The summed E-state index contributed by atoms with van der Waals surface area (Å²) < 4.78 is 0. The number of unbranched alkanes of at least 4 members (excludes halogenated alkanes) is 4. The lowest BCUT2D eigenvalue weighted by Crippen LogP contribution is -2.58. The summed E-state index contributed by atoms with van der Waals surface area (Å²) in [5.74, 6) is 7.91. The van der Waals surface area contributed by atoms with E-state index in [-0.39, 0.29) is 24.4 Å². The average Bonchev–Trinajstić information content (AvgIpc) is 3.66. The second-order valence-corrected chi connectivity index (χ2v) is 23.2. The SMILES string of the molecule is C[C@H](CCCCCCC[C@@H](C)[C@H]1CCC2[C@@H]3[C@@H](O)CC4C[C@H](O)CC[C@]4(C)[C@H]3CC[C@@]21C)[C@H]1CCC2[C@@H]3[C@@H](O)CC4C[C@H](O)CC[C@]4(C)[C@H]3CC[C@@]21C. The quantitative estimate of drug-likeness (QED) is 0.168. The lowest BCUT2D eigenvalue weighted by molar-refractivity contribution is -0.174. The zero-order valence-electron chi connectivity index (χ0n) is 35.3. The summed E-state index contributed by atoms with van der Waals surface area (Å²) in [7, 11) is 0. The first-order chi connectivity index (χ1) is 25.2. The van der Waals surface area contributed by atoms with E-state index in [9.17, 15) is 20.4 Å². The van der Waals surface area contributed by atoms with Crippen LogP contribution in [0.15, 0.2) is 0 Å². The number of hydrogen-bond donors (Lipinski definition) is 4. The van der Waals surface area contributed by atoms with Crippen LogP contribution in [-0.2, 0) is 0 Å². The molecule has 0 amide bonds. The maximum absolute atomic E-state index is 11.6. The molecule has 8 rings (SSSR count). The maximum Gasteiger partial charge on any atom is 0.0577 e. The summed E-state index contributed by atoms with van der Waals surface area (Å²) in [6, 6.07) is 0. The van der Waals surface area contributed by atoms with E-state index < -0.39 is 0 Å². The molecule has 0 spiro atoms. The van der Waals surface area contributed by atoms with Crippen LogP contribution in [0.25, 0.3) is 0 Å². The van der Waals surface area contributed by atoms with Crippen molar-refractivity contribution in [2.24, 2.45) is 92.7 Å². The van der Waals surface area contributed by atoms with Gasteiger partial charge in [0.05, 0.1) is 24.4 Å². The van der Waals surface area contributed by atoms with Crippen LogP contribution in [0.3, 0.4) is 0 Å². The second-order valence-electron chi connectivity index (χ2n) is 23.2. The predicted molar refractivity (Wildman–Crippen MR) is 216 cm³/mol. The molecule has 0 heterocycles. The van der Waals surface area contributed by atoms with E-state index >= 15 is 0 Å². The number of aliphatic hydroxyl groups is 4. The summed E-state index contributed by atoms with van der Waals surface area (Å²) in [6.45, 7) is 15.5. The smallest absolute Gasteiger partial charge is 0.0577 e. The Balaban J connectivity index is 0.774. The molecule has 0 aromatic rings. The van der Waals surface area contributed by atoms with Crippen molar-refractivity contribution in [1.29, 1.82) is 0 Å². The Bertz CT molecular complexity index is 1170. The van der Waals surface area contributed by atoms with Crippen molar-refractivity contribution in [2.45, 2.75) is 214 Å². The molecule has 0 aliphatic heterocycles. The molecule has 8 aliphatic carbocycles. The van der Waals surface area contributed by atoms with Gasteiger partial charge in [-0.05, 0) is 195 Å². The van der Waals surface area contributed by atoms with Gasteiger partial charge in [0.15, 0.2) is 0 Å². The normalized spacial score (nSPS) is 54.5. The Kier molecular flexibility index (Phi) is 11.1. The van der Waals surface area contributed by atoms with E-state index in [2.05, 4.69) is 41.5 Å². The highest BCUT2D eigenvalue weighted by Gasteiger charge is 2.64. The third kappa shape index (κ3) is 6.59. The highest BCUT2D eigenvalue weighted by molar-refractivity contribution is 5.13. The number of aliphatic hydroxyl groups excluding tert-OH is 4. The Morgan fingerprint density at radius 3 is 1.21 bits per heavy atom. The van der Waals surface area contributed by atoms with Gasteiger partial charge in [0.2, 0.25) is 0 Å². The molecule has 0 bridgehead atoms. The molecular weight excluding hydrogens is 653 g/mol. The van der Waals surface area contributed by atoms with Gasteiger partial charge in [-0.3, -0.25) is 0 Å². The number of fused-ring (bicyclic) bond motifs is 10. The standard InChI is InChI=1S/C49H84O4/c1-30(36-14-16-38-44-40(20-24-48(36,38)5)46(3)22-18-34(50)26-32(46)28-42(44)52)12-10-8-7-9-11-13-31(2)37-15-17-39-45-41(21-25-49(37,39)6)47(4)23-19-35(51)27-33(47)29-43(45)53/h30-45,50-53H,7-29H2,1-6H3/t30-,31-,32?,33?,34-,35-,36-,37-,38?,39?,40+,41+,42+,43+,44+,45+,46+,47+,48-,49-/m1/s1. The van der Waals surface area contributed by atoms with Gasteiger partial charge in [-0.25, -0.2) is 0 Å². The average molecular weight is 737 g/mol. The van der Waals surface area contributed by atoms with Gasteiger partial charge in [-0.2, -0.15) is 0 Å². The molecular formula is C49H84O4. The van der Waals surface area contributed by atoms with E-state index in [1.54, 1.807) is 0 Å². The summed E-state index contributed by atoms with van der Waals surface area (Å²) >= 11 is 0. The maximum atomic E-state index is 11.6. The molecule has 4 unspecified atom stereocenters. The van der Waals surface area contributed by atoms with E-state index in [1.807, 2.05) is 0 Å². The molecule has 0 aromatic heterocycles. The number of rotatable bonds is 10. The molecule has 4 N–H and O–H groups in total. The lowest BCUT2D eigenvalue weighted by Gasteiger charge is -2.62. The largest absolute Gasteiger partial charge is 0.393 e. The Morgan fingerprint density at radius 2 is 0.792 bits per heavy atom. The van der Waals surface area contributed by atoms with Crippen LogP contribution in [0.2, 0.25) is 0 Å². The second kappa shape index (κ2) is 14.9. The van der Waals surface area contributed by atoms with Gasteiger partial charge in [0.25, 0.3) is 0 Å². The van der Waals surface area contributed by atoms with Crippen molar-refractivity contribution in [3.05, 3.63) is 0 Å². The summed E-state index contributed by atoms with van der Waals surface area (Å²) in [5, 5.41) is 44.2. The molecule has 8 fully saturated rings. The third-order valence-corrected chi connectivity index (χ3v) is 21.2. The van der Waals surface area contributed by atoms with Crippen molar-refractivity contribution in [1.82, 2.24) is 0 Å². The zero-order valence-corrected chi connectivity index (χ0v) is 35.3. The Morgan fingerprint density at radius 1 is 0.434 bits per heavy atom. The highest BCUT2D eigenvalue weighted by atomic mass is 16.3. The molecule has 20 atom stereocenters. The summed E-state index contributed by atoms with van der Waals surface area (Å²) in [4.78, 5) is 0. The fourth-order valence-electron chi connectivity index (χ4n) is 18.2. The van der Waals surface area contributed by atoms with Gasteiger partial charge in [-0.1, -0.05) is 86.5 Å². The van der Waals surface area contributed by atoms with E-state index in [0.717, 1.165) is 75.0 Å². The van der Waals surface area contributed by atoms with Crippen LogP contribution in [0.4, 0.5) is 0 Å². The number of hydrogen-bond acceptors (Lipinski definition) is 4. The highest BCUT2D eigenvalue weighted by Crippen LogP contribution is 2.70. The van der Waals surface area contributed by atoms with Crippen LogP contribution < -0.4 is 0 Å². The van der Waals surface area contributed by atoms with Gasteiger partial charge in [0, 0.05) is 0 Å². The molecule has 4 heteroatoms. The van der Waals surface area contributed by atoms with Gasteiger partial charge < -0.3 is 20.4 Å². The lowest BCUT2D eigenvalue weighted by atomic mass is 9.43. The Hall–Kier alpha value is -0.160. The minimum Gasteiger partial charge on any atom is -0.393 e. The summed E-state index contributed by atoms with van der Waals surface area (Å²) in [5.41, 5.74) is 1.45. The van der Waals surface area contributed by atoms with Crippen molar-refractivity contribution in [2.75, 3.05) is 0 Å². The first-order valence-electron chi connectivity index (χ1n) is 23.9.